The second-order valence-electron chi connectivity index (χ2n) is 3.69. The molecule has 0 saturated heterocycles. The molecule has 0 atom stereocenters. The van der Waals surface area contributed by atoms with Crippen LogP contribution in [0, 0.1) is 13.8 Å². The Morgan fingerprint density at radius 2 is 1.87 bits per heavy atom. The summed E-state index contributed by atoms with van der Waals surface area (Å²) >= 11 is 5.62. The molecule has 0 spiro atoms. The van der Waals surface area contributed by atoms with Crippen LogP contribution in [-0.2, 0) is 0 Å². The molecule has 0 radical (unpaired) electrons. The van der Waals surface area contributed by atoms with Crippen LogP contribution in [0.3, 0.4) is 0 Å². The second kappa shape index (κ2) is 3.67. The first kappa shape index (κ1) is 10.2. The lowest BCUT2D eigenvalue weighted by Crippen LogP contribution is -1.97. The number of benzene rings is 2. The first-order chi connectivity index (χ1) is 7.11. The minimum Gasteiger partial charge on any atom is -0.276 e. The van der Waals surface area contributed by atoms with Gasteiger partial charge in [0.1, 0.15) is 0 Å². The highest BCUT2D eigenvalue weighted by Crippen LogP contribution is 2.26. The van der Waals surface area contributed by atoms with E-state index in [9.17, 15) is 4.79 Å². The van der Waals surface area contributed by atoms with Crippen molar-refractivity contribution in [3.63, 3.8) is 0 Å². The predicted molar refractivity (Wildman–Crippen MR) is 63.6 cm³/mol. The van der Waals surface area contributed by atoms with Crippen molar-refractivity contribution in [2.45, 2.75) is 13.8 Å². The molecule has 0 bridgehead atoms. The van der Waals surface area contributed by atoms with Gasteiger partial charge in [-0.15, -0.1) is 0 Å². The maximum absolute atomic E-state index is 11.4. The molecular formula is C13H11ClO. The minimum absolute atomic E-state index is 0.382. The van der Waals surface area contributed by atoms with Crippen LogP contribution in [0.2, 0.25) is 0 Å². The number of carbonyl (C=O) groups is 1. The van der Waals surface area contributed by atoms with E-state index >= 15 is 0 Å². The lowest BCUT2D eigenvalue weighted by atomic mass is 9.96. The summed E-state index contributed by atoms with van der Waals surface area (Å²) in [6.07, 6.45) is 0. The van der Waals surface area contributed by atoms with E-state index in [2.05, 4.69) is 6.07 Å². The zero-order valence-corrected chi connectivity index (χ0v) is 9.43. The third kappa shape index (κ3) is 1.64. The summed E-state index contributed by atoms with van der Waals surface area (Å²) in [5, 5.41) is 1.61. The molecule has 0 aliphatic rings. The highest BCUT2D eigenvalue weighted by molar-refractivity contribution is 6.68. The van der Waals surface area contributed by atoms with Gasteiger partial charge in [0.15, 0.2) is 0 Å². The molecule has 1 nitrogen and oxygen atoms in total. The van der Waals surface area contributed by atoms with Crippen molar-refractivity contribution < 1.29 is 4.79 Å². The normalized spacial score (nSPS) is 10.6. The zero-order chi connectivity index (χ0) is 11.0. The predicted octanol–water partition coefficient (Wildman–Crippen LogP) is 3.84. The van der Waals surface area contributed by atoms with Crippen LogP contribution in [0.5, 0.6) is 0 Å². The number of fused-ring (bicyclic) bond motifs is 1. The smallest absolute Gasteiger partial charge is 0.253 e. The average molecular weight is 219 g/mol. The molecule has 0 aliphatic heterocycles. The standard InChI is InChI=1S/C13H11ClO/c1-8-7-10-5-3-4-6-11(10)12(9(8)2)13(14)15/h3-7H,1-2H3. The number of aryl methyl sites for hydroxylation is 1. The fourth-order valence-corrected chi connectivity index (χ4v) is 2.09. The largest absolute Gasteiger partial charge is 0.276 e. The topological polar surface area (TPSA) is 17.1 Å². The van der Waals surface area contributed by atoms with Crippen molar-refractivity contribution in [2.24, 2.45) is 0 Å². The van der Waals surface area contributed by atoms with Gasteiger partial charge in [0.25, 0.3) is 5.24 Å². The number of hydrogen-bond acceptors (Lipinski definition) is 1. The van der Waals surface area contributed by atoms with E-state index in [0.29, 0.717) is 5.56 Å². The number of hydrogen-bond donors (Lipinski definition) is 0. The molecule has 76 valence electrons. The van der Waals surface area contributed by atoms with Crippen LogP contribution in [0.1, 0.15) is 21.5 Å². The van der Waals surface area contributed by atoms with Gasteiger partial charge < -0.3 is 0 Å². The van der Waals surface area contributed by atoms with Crippen molar-refractivity contribution in [3.8, 4) is 0 Å². The Labute approximate surface area is 93.7 Å². The molecule has 0 N–H and O–H groups in total. The first-order valence-electron chi connectivity index (χ1n) is 4.80. The fraction of sp³-hybridized carbons (Fsp3) is 0.154. The van der Waals surface area contributed by atoms with Gasteiger partial charge in [-0.3, -0.25) is 4.79 Å². The van der Waals surface area contributed by atoms with Gasteiger partial charge in [0.2, 0.25) is 0 Å². The van der Waals surface area contributed by atoms with Crippen molar-refractivity contribution in [2.75, 3.05) is 0 Å². The summed E-state index contributed by atoms with van der Waals surface area (Å²) < 4.78 is 0. The first-order valence-corrected chi connectivity index (χ1v) is 5.18. The molecule has 15 heavy (non-hydrogen) atoms. The lowest BCUT2D eigenvalue weighted by Gasteiger charge is -2.09. The summed E-state index contributed by atoms with van der Waals surface area (Å²) in [7, 11) is 0. The quantitative estimate of drug-likeness (QED) is 0.665. The van der Waals surface area contributed by atoms with Gasteiger partial charge in [-0.1, -0.05) is 30.3 Å². The van der Waals surface area contributed by atoms with Crippen LogP contribution >= 0.6 is 11.6 Å². The lowest BCUT2D eigenvalue weighted by molar-refractivity contribution is 0.108. The Balaban J connectivity index is 2.95. The van der Waals surface area contributed by atoms with Crippen molar-refractivity contribution in [1.82, 2.24) is 0 Å². The number of carbonyl (C=O) groups excluding carboxylic acids is 1. The highest BCUT2D eigenvalue weighted by Gasteiger charge is 2.12. The van der Waals surface area contributed by atoms with Gasteiger partial charge in [-0.05, 0) is 47.3 Å². The van der Waals surface area contributed by atoms with Crippen LogP contribution in [0.4, 0.5) is 0 Å². The van der Waals surface area contributed by atoms with Crippen LogP contribution < -0.4 is 0 Å². The van der Waals surface area contributed by atoms with Crippen molar-refractivity contribution in [3.05, 3.63) is 47.0 Å². The Morgan fingerprint density at radius 3 is 2.53 bits per heavy atom. The molecular weight excluding hydrogens is 208 g/mol. The number of halogens is 1. The van der Waals surface area contributed by atoms with E-state index in [1.54, 1.807) is 0 Å². The third-order valence-electron chi connectivity index (χ3n) is 2.77. The minimum atomic E-state index is -0.382. The van der Waals surface area contributed by atoms with E-state index in [4.69, 9.17) is 11.6 Å². The monoisotopic (exact) mass is 218 g/mol. The summed E-state index contributed by atoms with van der Waals surface area (Å²) in [4.78, 5) is 11.4. The van der Waals surface area contributed by atoms with E-state index in [1.165, 1.54) is 0 Å². The molecule has 2 aromatic rings. The van der Waals surface area contributed by atoms with Crippen LogP contribution in [-0.4, -0.2) is 5.24 Å². The third-order valence-corrected chi connectivity index (χ3v) is 2.95. The molecule has 2 aromatic carbocycles. The van der Waals surface area contributed by atoms with Crippen LogP contribution in [0.15, 0.2) is 30.3 Å². The molecule has 0 amide bonds. The molecule has 0 unspecified atom stereocenters. The fourth-order valence-electron chi connectivity index (χ4n) is 1.84. The summed E-state index contributed by atoms with van der Waals surface area (Å²) in [6.45, 7) is 3.92. The van der Waals surface area contributed by atoms with E-state index in [-0.39, 0.29) is 5.24 Å². The van der Waals surface area contributed by atoms with E-state index < -0.39 is 0 Å². The van der Waals surface area contributed by atoms with Gasteiger partial charge in [-0.25, -0.2) is 0 Å². The van der Waals surface area contributed by atoms with Crippen molar-refractivity contribution in [1.29, 1.82) is 0 Å². The summed E-state index contributed by atoms with van der Waals surface area (Å²) in [6, 6.07) is 9.87. The molecule has 2 heteroatoms. The molecule has 0 aromatic heterocycles. The Kier molecular flexibility index (Phi) is 2.49. The average Bonchev–Trinajstić information content (AvgIpc) is 2.19. The van der Waals surface area contributed by atoms with Gasteiger partial charge in [-0.2, -0.15) is 0 Å². The van der Waals surface area contributed by atoms with E-state index in [0.717, 1.165) is 21.9 Å². The molecule has 0 heterocycles. The zero-order valence-electron chi connectivity index (χ0n) is 8.67. The summed E-state index contributed by atoms with van der Waals surface area (Å²) in [5.74, 6) is 0. The Hall–Kier alpha value is -1.34. The highest BCUT2D eigenvalue weighted by atomic mass is 35.5. The number of rotatable bonds is 1. The van der Waals surface area contributed by atoms with Crippen LogP contribution in [0.25, 0.3) is 10.8 Å². The Morgan fingerprint density at radius 1 is 1.20 bits per heavy atom. The molecule has 0 fully saturated rings. The van der Waals surface area contributed by atoms with Gasteiger partial charge in [0.05, 0.1) is 0 Å². The SMILES string of the molecule is Cc1cc2ccccc2c(C(=O)Cl)c1C. The summed E-state index contributed by atoms with van der Waals surface area (Å²) in [5.41, 5.74) is 2.69. The van der Waals surface area contributed by atoms with Gasteiger partial charge in [0, 0.05) is 5.56 Å². The maximum Gasteiger partial charge on any atom is 0.253 e. The maximum atomic E-state index is 11.4. The molecule has 0 saturated carbocycles. The molecule has 2 rings (SSSR count). The van der Waals surface area contributed by atoms with Gasteiger partial charge >= 0.3 is 0 Å². The van der Waals surface area contributed by atoms with E-state index in [1.807, 2.05) is 38.1 Å². The Bertz CT molecular complexity index is 543. The molecule has 0 aliphatic carbocycles. The van der Waals surface area contributed by atoms with Crippen molar-refractivity contribution >= 4 is 27.6 Å². The second-order valence-corrected chi connectivity index (χ2v) is 4.03.